The minimum Gasteiger partial charge on any atom is -0.485 e. The zero-order chi connectivity index (χ0) is 25.6. The molecule has 38 heavy (non-hydrogen) atoms. The van der Waals surface area contributed by atoms with Crippen LogP contribution in [0.1, 0.15) is 55.4 Å². The predicted octanol–water partition coefficient (Wildman–Crippen LogP) is 5.15. The third kappa shape index (κ3) is 4.14. The standard InChI is InChI=1S/C31H35N5O2/c32-30-29-26(23-9-8-22-10-11-27(38-28(22)15-23)21-5-2-1-3-6-21)17-36(31(29)34-19-33-30)25-13-20(14-25)16-35-12-4-7-24(35)18-37/h1-3,5-6,8-9,15,17,19-20,24-25,27,37H,4,7,10-14,16,18H2,(H2,32,33,34)/t20?,24-,25?,27?/m0/s1. The highest BCUT2D eigenvalue weighted by atomic mass is 16.5. The maximum Gasteiger partial charge on any atom is 0.146 e. The van der Waals surface area contributed by atoms with Gasteiger partial charge in [0.25, 0.3) is 0 Å². The van der Waals surface area contributed by atoms with Gasteiger partial charge >= 0.3 is 0 Å². The number of nitrogens with zero attached hydrogens (tertiary/aromatic N) is 4. The number of nitrogens with two attached hydrogens (primary N) is 1. The van der Waals surface area contributed by atoms with E-state index < -0.39 is 0 Å². The van der Waals surface area contributed by atoms with E-state index in [1.807, 2.05) is 6.07 Å². The van der Waals surface area contributed by atoms with Crippen LogP contribution in [0.2, 0.25) is 0 Å². The lowest BCUT2D eigenvalue weighted by atomic mass is 9.79. The smallest absolute Gasteiger partial charge is 0.146 e. The highest BCUT2D eigenvalue weighted by Crippen LogP contribution is 2.45. The van der Waals surface area contributed by atoms with Crippen LogP contribution < -0.4 is 10.5 Å². The number of anilines is 1. The van der Waals surface area contributed by atoms with Crippen LogP contribution in [0.5, 0.6) is 5.75 Å². The molecule has 0 amide bonds. The number of ether oxygens (including phenoxy) is 1. The Kier molecular flexibility index (Phi) is 6.05. The highest BCUT2D eigenvalue weighted by molar-refractivity contribution is 6.00. The second-order valence-electron chi connectivity index (χ2n) is 11.3. The molecular formula is C31H35N5O2. The van der Waals surface area contributed by atoms with Crippen LogP contribution in [0.25, 0.3) is 22.2 Å². The maximum absolute atomic E-state index is 9.69. The molecular weight excluding hydrogens is 474 g/mol. The second-order valence-corrected chi connectivity index (χ2v) is 11.3. The molecule has 2 atom stereocenters. The first kappa shape index (κ1) is 23.7. The normalized spacial score (nSPS) is 25.2. The van der Waals surface area contributed by atoms with Gasteiger partial charge in [-0.1, -0.05) is 42.5 Å². The fraction of sp³-hybridized carbons (Fsp3) is 0.419. The number of fused-ring (bicyclic) bond motifs is 2. The molecule has 0 spiro atoms. The van der Waals surface area contributed by atoms with E-state index in [-0.39, 0.29) is 12.7 Å². The number of benzene rings is 2. The van der Waals surface area contributed by atoms with Crippen LogP contribution in [0.15, 0.2) is 61.1 Å². The number of hydrogen-bond acceptors (Lipinski definition) is 6. The van der Waals surface area contributed by atoms with Crippen molar-refractivity contribution < 1.29 is 9.84 Å². The van der Waals surface area contributed by atoms with E-state index in [0.29, 0.717) is 23.8 Å². The van der Waals surface area contributed by atoms with Gasteiger partial charge in [-0.2, -0.15) is 0 Å². The molecule has 2 fully saturated rings. The zero-order valence-corrected chi connectivity index (χ0v) is 21.7. The lowest BCUT2D eigenvalue weighted by Gasteiger charge is -2.39. The third-order valence-corrected chi connectivity index (χ3v) is 8.94. The van der Waals surface area contributed by atoms with Crippen molar-refractivity contribution >= 4 is 16.9 Å². The van der Waals surface area contributed by atoms with E-state index in [2.05, 4.69) is 68.1 Å². The fourth-order valence-electron chi connectivity index (χ4n) is 6.80. The van der Waals surface area contributed by atoms with E-state index in [1.165, 1.54) is 17.5 Å². The summed E-state index contributed by atoms with van der Waals surface area (Å²) in [5.41, 5.74) is 12.0. The lowest BCUT2D eigenvalue weighted by Crippen LogP contribution is -2.40. The van der Waals surface area contributed by atoms with Gasteiger partial charge in [-0.15, -0.1) is 0 Å². The Hall–Kier alpha value is -3.42. The van der Waals surface area contributed by atoms with Gasteiger partial charge in [0.2, 0.25) is 0 Å². The summed E-state index contributed by atoms with van der Waals surface area (Å²) < 4.78 is 8.83. The van der Waals surface area contributed by atoms with Crippen LogP contribution in [0, 0.1) is 5.92 Å². The number of aliphatic hydroxyl groups excluding tert-OH is 1. The molecule has 2 aromatic carbocycles. The molecule has 4 heterocycles. The molecule has 7 nitrogen and oxygen atoms in total. The van der Waals surface area contributed by atoms with Crippen molar-refractivity contribution in [2.45, 2.75) is 56.7 Å². The van der Waals surface area contributed by atoms with Crippen molar-refractivity contribution in [2.24, 2.45) is 5.92 Å². The third-order valence-electron chi connectivity index (χ3n) is 8.94. The number of aryl methyl sites for hydroxylation is 1. The molecule has 3 N–H and O–H groups in total. The first-order valence-corrected chi connectivity index (χ1v) is 14.0. The molecule has 2 aliphatic heterocycles. The van der Waals surface area contributed by atoms with E-state index in [1.54, 1.807) is 6.33 Å². The van der Waals surface area contributed by atoms with Crippen molar-refractivity contribution in [3.05, 3.63) is 72.2 Å². The highest BCUT2D eigenvalue weighted by Gasteiger charge is 2.36. The monoisotopic (exact) mass is 509 g/mol. The van der Waals surface area contributed by atoms with Crippen molar-refractivity contribution in [2.75, 3.05) is 25.4 Å². The first-order valence-electron chi connectivity index (χ1n) is 14.0. The summed E-state index contributed by atoms with van der Waals surface area (Å²) in [5, 5.41) is 10.6. The Morgan fingerprint density at radius 1 is 1.05 bits per heavy atom. The van der Waals surface area contributed by atoms with Crippen LogP contribution in [-0.4, -0.2) is 50.3 Å². The summed E-state index contributed by atoms with van der Waals surface area (Å²) in [4.78, 5) is 11.5. The van der Waals surface area contributed by atoms with Crippen molar-refractivity contribution in [1.82, 2.24) is 19.4 Å². The second kappa shape index (κ2) is 9.71. The van der Waals surface area contributed by atoms with Gasteiger partial charge < -0.3 is 20.1 Å². The van der Waals surface area contributed by atoms with Gasteiger partial charge in [-0.05, 0) is 73.7 Å². The average Bonchev–Trinajstić information content (AvgIpc) is 3.55. The summed E-state index contributed by atoms with van der Waals surface area (Å²) in [6, 6.07) is 17.8. The molecule has 4 aromatic rings. The Morgan fingerprint density at radius 3 is 2.76 bits per heavy atom. The molecule has 2 aromatic heterocycles. The number of nitrogen functional groups attached to an aromatic ring is 1. The zero-order valence-electron chi connectivity index (χ0n) is 21.7. The summed E-state index contributed by atoms with van der Waals surface area (Å²) in [7, 11) is 0. The lowest BCUT2D eigenvalue weighted by molar-refractivity contribution is 0.0970. The number of hydrogen-bond donors (Lipinski definition) is 2. The fourth-order valence-corrected chi connectivity index (χ4v) is 6.80. The summed E-state index contributed by atoms with van der Waals surface area (Å²) in [5.74, 6) is 2.12. The molecule has 7 heteroatoms. The summed E-state index contributed by atoms with van der Waals surface area (Å²) in [6.45, 7) is 2.46. The minimum atomic E-state index is 0.0710. The largest absolute Gasteiger partial charge is 0.485 e. The van der Waals surface area contributed by atoms with Crippen LogP contribution >= 0.6 is 0 Å². The molecule has 1 aliphatic carbocycles. The van der Waals surface area contributed by atoms with Crippen LogP contribution in [-0.2, 0) is 6.42 Å². The van der Waals surface area contributed by atoms with Gasteiger partial charge in [0.1, 0.15) is 29.6 Å². The molecule has 0 bridgehead atoms. The van der Waals surface area contributed by atoms with Gasteiger partial charge in [0.15, 0.2) is 0 Å². The Balaban J connectivity index is 1.16. The number of rotatable bonds is 6. The average molecular weight is 510 g/mol. The quantitative estimate of drug-likeness (QED) is 0.373. The van der Waals surface area contributed by atoms with E-state index in [9.17, 15) is 5.11 Å². The molecule has 1 saturated carbocycles. The molecule has 7 rings (SSSR count). The van der Waals surface area contributed by atoms with Gasteiger partial charge in [0, 0.05) is 30.4 Å². The number of aromatic nitrogens is 3. The van der Waals surface area contributed by atoms with E-state index >= 15 is 0 Å². The maximum atomic E-state index is 9.69. The number of aliphatic hydroxyl groups is 1. The molecule has 1 unspecified atom stereocenters. The molecule has 1 saturated heterocycles. The summed E-state index contributed by atoms with van der Waals surface area (Å²) >= 11 is 0. The molecule has 3 aliphatic rings. The summed E-state index contributed by atoms with van der Waals surface area (Å²) in [6.07, 6.45) is 10.4. The predicted molar refractivity (Wildman–Crippen MR) is 149 cm³/mol. The van der Waals surface area contributed by atoms with Crippen molar-refractivity contribution in [1.29, 1.82) is 0 Å². The van der Waals surface area contributed by atoms with Crippen LogP contribution in [0.4, 0.5) is 5.82 Å². The molecule has 196 valence electrons. The van der Waals surface area contributed by atoms with Crippen molar-refractivity contribution in [3.8, 4) is 16.9 Å². The topological polar surface area (TPSA) is 89.4 Å². The van der Waals surface area contributed by atoms with Gasteiger partial charge in [-0.25, -0.2) is 9.97 Å². The first-order chi connectivity index (χ1) is 18.7. The van der Waals surface area contributed by atoms with E-state index in [4.69, 9.17) is 10.5 Å². The SMILES string of the molecule is Nc1ncnc2c1c(-c1ccc3c(c1)OC(c1ccccc1)CC3)cn2C1CC(CN2CCC[C@H]2CO)C1. The van der Waals surface area contributed by atoms with E-state index in [0.717, 1.165) is 73.1 Å². The minimum absolute atomic E-state index is 0.0710. The Bertz CT molecular complexity index is 1450. The van der Waals surface area contributed by atoms with Gasteiger partial charge in [0.05, 0.1) is 12.0 Å². The van der Waals surface area contributed by atoms with Gasteiger partial charge in [-0.3, -0.25) is 4.90 Å². The Morgan fingerprint density at radius 2 is 1.92 bits per heavy atom. The van der Waals surface area contributed by atoms with Crippen LogP contribution in [0.3, 0.4) is 0 Å². The molecule has 0 radical (unpaired) electrons. The number of likely N-dealkylation sites (tertiary alicyclic amines) is 1. The van der Waals surface area contributed by atoms with Crippen molar-refractivity contribution in [3.63, 3.8) is 0 Å². The Labute approximate surface area is 223 Å².